The SMILES string of the molecule is CC(NC1CCc2cc(O)ccc21)c1ccc(F)cc1F. The van der Waals surface area contributed by atoms with E-state index in [4.69, 9.17) is 0 Å². The van der Waals surface area contributed by atoms with E-state index in [-0.39, 0.29) is 17.8 Å². The first-order valence-electron chi connectivity index (χ1n) is 7.07. The third-order valence-electron chi connectivity index (χ3n) is 4.08. The maximum Gasteiger partial charge on any atom is 0.130 e. The van der Waals surface area contributed by atoms with E-state index < -0.39 is 11.6 Å². The lowest BCUT2D eigenvalue weighted by atomic mass is 10.0. The fraction of sp³-hybridized carbons (Fsp3) is 0.294. The molecule has 2 N–H and O–H groups in total. The van der Waals surface area contributed by atoms with Crippen LogP contribution in [0, 0.1) is 11.6 Å². The number of hydrogen-bond donors (Lipinski definition) is 2. The Bertz CT molecular complexity index is 672. The number of fused-ring (bicyclic) bond motifs is 1. The monoisotopic (exact) mass is 289 g/mol. The summed E-state index contributed by atoms with van der Waals surface area (Å²) in [6, 6.07) is 8.93. The Labute approximate surface area is 122 Å². The molecule has 2 aromatic carbocycles. The first-order valence-corrected chi connectivity index (χ1v) is 7.07. The van der Waals surface area contributed by atoms with E-state index in [0.29, 0.717) is 5.56 Å². The summed E-state index contributed by atoms with van der Waals surface area (Å²) in [7, 11) is 0. The molecule has 0 fully saturated rings. The highest BCUT2D eigenvalue weighted by molar-refractivity contribution is 5.40. The minimum atomic E-state index is -0.565. The van der Waals surface area contributed by atoms with Crippen LogP contribution in [0.4, 0.5) is 8.78 Å². The molecule has 2 nitrogen and oxygen atoms in total. The summed E-state index contributed by atoms with van der Waals surface area (Å²) in [5.74, 6) is -0.823. The van der Waals surface area contributed by atoms with Crippen molar-refractivity contribution in [2.24, 2.45) is 0 Å². The van der Waals surface area contributed by atoms with Gasteiger partial charge in [0.15, 0.2) is 0 Å². The molecule has 0 bridgehead atoms. The van der Waals surface area contributed by atoms with Gasteiger partial charge in [-0.3, -0.25) is 0 Å². The van der Waals surface area contributed by atoms with Crippen molar-refractivity contribution in [1.82, 2.24) is 5.32 Å². The Morgan fingerprint density at radius 2 is 2.00 bits per heavy atom. The van der Waals surface area contributed by atoms with Gasteiger partial charge in [-0.2, -0.15) is 0 Å². The van der Waals surface area contributed by atoms with Gasteiger partial charge in [-0.15, -0.1) is 0 Å². The molecule has 0 saturated heterocycles. The molecule has 0 saturated carbocycles. The van der Waals surface area contributed by atoms with E-state index in [1.54, 1.807) is 12.1 Å². The zero-order valence-electron chi connectivity index (χ0n) is 11.7. The molecule has 2 unspecified atom stereocenters. The second-order valence-corrected chi connectivity index (χ2v) is 5.53. The third-order valence-corrected chi connectivity index (χ3v) is 4.08. The van der Waals surface area contributed by atoms with Crippen molar-refractivity contribution in [1.29, 1.82) is 0 Å². The number of phenols is 1. The lowest BCUT2D eigenvalue weighted by molar-refractivity contribution is 0.447. The predicted molar refractivity (Wildman–Crippen MR) is 77.1 cm³/mol. The molecule has 110 valence electrons. The van der Waals surface area contributed by atoms with Crippen molar-refractivity contribution in [3.63, 3.8) is 0 Å². The third kappa shape index (κ3) is 2.76. The molecular formula is C17H17F2NO. The van der Waals surface area contributed by atoms with Gasteiger partial charge in [0.05, 0.1) is 0 Å². The van der Waals surface area contributed by atoms with Crippen LogP contribution in [0.2, 0.25) is 0 Å². The van der Waals surface area contributed by atoms with Gasteiger partial charge < -0.3 is 10.4 Å². The quantitative estimate of drug-likeness (QED) is 0.895. The average Bonchev–Trinajstić information content (AvgIpc) is 2.80. The number of aryl methyl sites for hydroxylation is 1. The summed E-state index contributed by atoms with van der Waals surface area (Å²) < 4.78 is 26.8. The van der Waals surface area contributed by atoms with Crippen molar-refractivity contribution in [2.75, 3.05) is 0 Å². The lowest BCUT2D eigenvalue weighted by Gasteiger charge is -2.21. The van der Waals surface area contributed by atoms with Gasteiger partial charge >= 0.3 is 0 Å². The van der Waals surface area contributed by atoms with Gasteiger partial charge in [-0.05, 0) is 49.1 Å². The van der Waals surface area contributed by atoms with E-state index in [1.165, 1.54) is 12.1 Å². The van der Waals surface area contributed by atoms with Crippen LogP contribution < -0.4 is 5.32 Å². The smallest absolute Gasteiger partial charge is 0.130 e. The largest absolute Gasteiger partial charge is 0.508 e. The highest BCUT2D eigenvalue weighted by Gasteiger charge is 2.25. The van der Waals surface area contributed by atoms with Gasteiger partial charge in [-0.1, -0.05) is 12.1 Å². The zero-order valence-corrected chi connectivity index (χ0v) is 11.7. The van der Waals surface area contributed by atoms with Crippen molar-refractivity contribution in [3.8, 4) is 5.75 Å². The fourth-order valence-corrected chi connectivity index (χ4v) is 3.02. The second kappa shape index (κ2) is 5.45. The number of rotatable bonds is 3. The minimum Gasteiger partial charge on any atom is -0.508 e. The van der Waals surface area contributed by atoms with Crippen LogP contribution in [0.25, 0.3) is 0 Å². The molecule has 2 atom stereocenters. The van der Waals surface area contributed by atoms with Gasteiger partial charge in [0.1, 0.15) is 17.4 Å². The molecule has 1 aliphatic rings. The van der Waals surface area contributed by atoms with Gasteiger partial charge in [0, 0.05) is 23.7 Å². The van der Waals surface area contributed by atoms with E-state index in [1.807, 2.05) is 13.0 Å². The molecule has 0 spiro atoms. The van der Waals surface area contributed by atoms with Crippen LogP contribution in [-0.2, 0) is 6.42 Å². The van der Waals surface area contributed by atoms with Crippen LogP contribution in [0.1, 0.15) is 42.1 Å². The highest BCUT2D eigenvalue weighted by Crippen LogP contribution is 2.35. The van der Waals surface area contributed by atoms with Crippen molar-refractivity contribution in [3.05, 3.63) is 64.7 Å². The molecule has 0 aromatic heterocycles. The topological polar surface area (TPSA) is 32.3 Å². The predicted octanol–water partition coefficient (Wildman–Crippen LogP) is 4.01. The Kier molecular flexibility index (Phi) is 3.64. The van der Waals surface area contributed by atoms with Gasteiger partial charge in [0.25, 0.3) is 0 Å². The number of hydrogen-bond acceptors (Lipinski definition) is 2. The lowest BCUT2D eigenvalue weighted by Crippen LogP contribution is -2.23. The molecule has 0 amide bonds. The number of nitrogens with one attached hydrogen (secondary N) is 1. The zero-order chi connectivity index (χ0) is 15.0. The van der Waals surface area contributed by atoms with Crippen molar-refractivity contribution in [2.45, 2.75) is 31.8 Å². The Hall–Kier alpha value is -1.94. The summed E-state index contributed by atoms with van der Waals surface area (Å²) in [4.78, 5) is 0. The Morgan fingerprint density at radius 3 is 2.76 bits per heavy atom. The van der Waals surface area contributed by atoms with E-state index in [2.05, 4.69) is 5.32 Å². The van der Waals surface area contributed by atoms with E-state index >= 15 is 0 Å². The second-order valence-electron chi connectivity index (χ2n) is 5.53. The Balaban J connectivity index is 1.79. The van der Waals surface area contributed by atoms with Crippen LogP contribution >= 0.6 is 0 Å². The molecule has 21 heavy (non-hydrogen) atoms. The Morgan fingerprint density at radius 1 is 1.19 bits per heavy atom. The van der Waals surface area contributed by atoms with Crippen LogP contribution in [0.15, 0.2) is 36.4 Å². The molecular weight excluding hydrogens is 272 g/mol. The first kappa shape index (κ1) is 14.0. The van der Waals surface area contributed by atoms with Crippen molar-refractivity contribution < 1.29 is 13.9 Å². The van der Waals surface area contributed by atoms with Gasteiger partial charge in [-0.25, -0.2) is 8.78 Å². The van der Waals surface area contributed by atoms with Crippen LogP contribution in [0.3, 0.4) is 0 Å². The highest BCUT2D eigenvalue weighted by atomic mass is 19.1. The van der Waals surface area contributed by atoms with E-state index in [0.717, 1.165) is 30.0 Å². The first-order chi connectivity index (χ1) is 10.0. The fourth-order valence-electron chi connectivity index (χ4n) is 3.02. The number of aromatic hydroxyl groups is 1. The molecule has 0 radical (unpaired) electrons. The number of benzene rings is 2. The van der Waals surface area contributed by atoms with Crippen LogP contribution in [-0.4, -0.2) is 5.11 Å². The maximum absolute atomic E-state index is 13.8. The number of phenolic OH excluding ortho intramolecular Hbond substituents is 1. The molecule has 1 aliphatic carbocycles. The summed E-state index contributed by atoms with van der Waals surface area (Å²) >= 11 is 0. The van der Waals surface area contributed by atoms with Crippen molar-refractivity contribution >= 4 is 0 Å². The summed E-state index contributed by atoms with van der Waals surface area (Å²) in [6.07, 6.45) is 1.80. The molecule has 0 aliphatic heterocycles. The summed E-state index contributed by atoms with van der Waals surface area (Å²) in [6.45, 7) is 1.87. The normalized spacial score (nSPS) is 18.5. The average molecular weight is 289 g/mol. The minimum absolute atomic E-state index is 0.125. The maximum atomic E-state index is 13.8. The number of halogens is 2. The van der Waals surface area contributed by atoms with Crippen LogP contribution in [0.5, 0.6) is 5.75 Å². The van der Waals surface area contributed by atoms with E-state index in [9.17, 15) is 13.9 Å². The molecule has 0 heterocycles. The molecule has 2 aromatic rings. The summed E-state index contributed by atoms with van der Waals surface area (Å²) in [5, 5.41) is 12.9. The standard InChI is InChI=1S/C17H17F2NO/c1-10(14-5-3-12(18)9-16(14)19)20-17-7-2-11-8-13(21)4-6-15(11)17/h3-6,8-10,17,20-21H,2,7H2,1H3. The summed E-state index contributed by atoms with van der Waals surface area (Å²) in [5.41, 5.74) is 2.73. The van der Waals surface area contributed by atoms with Gasteiger partial charge in [0.2, 0.25) is 0 Å². The molecule has 4 heteroatoms. The molecule has 3 rings (SSSR count).